The minimum absolute atomic E-state index is 0.0496. The van der Waals surface area contributed by atoms with Crippen LogP contribution in [0.1, 0.15) is 27.0 Å². The quantitative estimate of drug-likeness (QED) is 0.270. The Morgan fingerprint density at radius 1 is 0.824 bits per heavy atom. The van der Waals surface area contributed by atoms with Crippen molar-refractivity contribution in [2.45, 2.75) is 20.8 Å². The second-order valence-electron chi connectivity index (χ2n) is 7.90. The van der Waals surface area contributed by atoms with E-state index >= 15 is 0 Å². The number of imide groups is 1. The Labute approximate surface area is 206 Å². The molecule has 34 heavy (non-hydrogen) atoms. The van der Waals surface area contributed by atoms with Crippen molar-refractivity contribution in [1.82, 2.24) is 0 Å². The lowest BCUT2D eigenvalue weighted by Gasteiger charge is -2.17. The lowest BCUT2D eigenvalue weighted by molar-refractivity contribution is -0.120. The van der Waals surface area contributed by atoms with Gasteiger partial charge in [0, 0.05) is 10.7 Å². The average molecular weight is 495 g/mol. The van der Waals surface area contributed by atoms with Crippen LogP contribution in [0.4, 0.5) is 11.4 Å². The van der Waals surface area contributed by atoms with E-state index in [1.807, 2.05) is 19.9 Å². The van der Waals surface area contributed by atoms with Crippen molar-refractivity contribution >= 4 is 52.4 Å². The van der Waals surface area contributed by atoms with Crippen LogP contribution in [0.3, 0.4) is 0 Å². The molecular formula is C26H20Cl2N2O4. The highest BCUT2D eigenvalue weighted by atomic mass is 35.5. The van der Waals surface area contributed by atoms with Crippen molar-refractivity contribution in [3.63, 3.8) is 0 Å². The molecule has 0 saturated heterocycles. The van der Waals surface area contributed by atoms with Crippen molar-refractivity contribution in [1.29, 1.82) is 0 Å². The Morgan fingerprint density at radius 2 is 1.53 bits per heavy atom. The molecule has 0 unspecified atom stereocenters. The Bertz CT molecular complexity index is 1360. The molecule has 0 spiro atoms. The highest BCUT2D eigenvalue weighted by Crippen LogP contribution is 2.33. The molecule has 1 aliphatic heterocycles. The van der Waals surface area contributed by atoms with E-state index in [4.69, 9.17) is 27.9 Å². The molecule has 1 N–H and O–H groups in total. The molecule has 3 aromatic rings. The van der Waals surface area contributed by atoms with Crippen LogP contribution < -0.4 is 15.0 Å². The predicted octanol–water partition coefficient (Wildman–Crippen LogP) is 5.92. The van der Waals surface area contributed by atoms with Gasteiger partial charge in [-0.1, -0.05) is 29.3 Å². The van der Waals surface area contributed by atoms with Crippen LogP contribution in [0.25, 0.3) is 0 Å². The second-order valence-corrected chi connectivity index (χ2v) is 8.72. The normalized spacial score (nSPS) is 13.5. The number of nitrogens with one attached hydrogen (secondary N) is 1. The first-order chi connectivity index (χ1) is 16.2. The molecule has 0 atom stereocenters. The van der Waals surface area contributed by atoms with Gasteiger partial charge in [0.15, 0.2) is 0 Å². The van der Waals surface area contributed by atoms with E-state index in [-0.39, 0.29) is 10.7 Å². The molecule has 0 fully saturated rings. The number of halogens is 2. The maximum absolute atomic E-state index is 13.0. The molecule has 0 bridgehead atoms. The summed E-state index contributed by atoms with van der Waals surface area (Å²) >= 11 is 12.2. The number of anilines is 2. The summed E-state index contributed by atoms with van der Waals surface area (Å²) in [4.78, 5) is 39.2. The van der Waals surface area contributed by atoms with Crippen LogP contribution in [0, 0.1) is 20.8 Å². The van der Waals surface area contributed by atoms with Gasteiger partial charge in [-0.2, -0.15) is 0 Å². The van der Waals surface area contributed by atoms with Gasteiger partial charge in [0.2, 0.25) is 0 Å². The molecule has 2 amide bonds. The number of esters is 1. The van der Waals surface area contributed by atoms with Crippen LogP contribution in [0.5, 0.6) is 5.75 Å². The number of aryl methyl sites for hydroxylation is 3. The van der Waals surface area contributed by atoms with Crippen LogP contribution in [0.15, 0.2) is 71.4 Å². The van der Waals surface area contributed by atoms with E-state index in [0.717, 1.165) is 16.0 Å². The first-order valence-electron chi connectivity index (χ1n) is 10.4. The number of rotatable bonds is 5. The fraction of sp³-hybridized carbons (Fsp3) is 0.115. The number of ether oxygens (including phenoxy) is 1. The minimum Gasteiger partial charge on any atom is -0.423 e. The zero-order valence-electron chi connectivity index (χ0n) is 18.6. The lowest BCUT2D eigenvalue weighted by Crippen LogP contribution is -2.32. The van der Waals surface area contributed by atoms with Gasteiger partial charge in [-0.05, 0) is 92.1 Å². The van der Waals surface area contributed by atoms with Crippen molar-refractivity contribution < 1.29 is 19.1 Å². The summed E-state index contributed by atoms with van der Waals surface area (Å²) in [6.07, 6.45) is 0. The highest BCUT2D eigenvalue weighted by molar-refractivity contribution is 6.53. The number of carbonyl (C=O) groups excluding carboxylic acids is 3. The number of carbonyl (C=O) groups is 3. The fourth-order valence-corrected chi connectivity index (χ4v) is 3.92. The SMILES string of the molecule is Cc1ccc(OC(=O)c2ccc(NC3=C(Cl)C(=O)N(c4ccc(Cl)cc4C)C3=O)cc2)cc1C. The van der Waals surface area contributed by atoms with E-state index in [1.165, 1.54) is 0 Å². The molecule has 1 aliphatic rings. The van der Waals surface area contributed by atoms with Gasteiger partial charge in [0.1, 0.15) is 16.5 Å². The Balaban J connectivity index is 1.49. The monoisotopic (exact) mass is 494 g/mol. The molecule has 8 heteroatoms. The van der Waals surface area contributed by atoms with Gasteiger partial charge >= 0.3 is 5.97 Å². The summed E-state index contributed by atoms with van der Waals surface area (Å²) in [6, 6.07) is 16.6. The van der Waals surface area contributed by atoms with E-state index in [2.05, 4.69) is 5.32 Å². The van der Waals surface area contributed by atoms with Gasteiger partial charge in [-0.3, -0.25) is 9.59 Å². The third-order valence-corrected chi connectivity index (χ3v) is 6.09. The molecule has 0 radical (unpaired) electrons. The van der Waals surface area contributed by atoms with Crippen molar-refractivity contribution in [2.75, 3.05) is 10.2 Å². The number of benzene rings is 3. The maximum Gasteiger partial charge on any atom is 0.343 e. The molecular weight excluding hydrogens is 475 g/mol. The van der Waals surface area contributed by atoms with Crippen molar-refractivity contribution in [3.05, 3.63) is 98.7 Å². The topological polar surface area (TPSA) is 75.7 Å². The number of amides is 2. The van der Waals surface area contributed by atoms with Gasteiger partial charge in [-0.25, -0.2) is 9.69 Å². The van der Waals surface area contributed by atoms with Gasteiger partial charge in [0.25, 0.3) is 11.8 Å². The lowest BCUT2D eigenvalue weighted by atomic mass is 10.1. The highest BCUT2D eigenvalue weighted by Gasteiger charge is 2.39. The number of hydrogen-bond acceptors (Lipinski definition) is 5. The maximum atomic E-state index is 13.0. The zero-order valence-corrected chi connectivity index (χ0v) is 20.1. The molecule has 0 saturated carbocycles. The van der Waals surface area contributed by atoms with Crippen molar-refractivity contribution in [2.24, 2.45) is 0 Å². The largest absolute Gasteiger partial charge is 0.423 e. The van der Waals surface area contributed by atoms with E-state index in [0.29, 0.717) is 33.3 Å². The van der Waals surface area contributed by atoms with Gasteiger partial charge in [0.05, 0.1) is 11.3 Å². The Morgan fingerprint density at radius 3 is 2.18 bits per heavy atom. The van der Waals surface area contributed by atoms with E-state index in [9.17, 15) is 14.4 Å². The number of hydrogen-bond donors (Lipinski definition) is 1. The van der Waals surface area contributed by atoms with Crippen LogP contribution >= 0.6 is 23.2 Å². The second kappa shape index (κ2) is 9.33. The van der Waals surface area contributed by atoms with Gasteiger partial charge in [-0.15, -0.1) is 0 Å². The van der Waals surface area contributed by atoms with Gasteiger partial charge < -0.3 is 10.1 Å². The predicted molar refractivity (Wildman–Crippen MR) is 133 cm³/mol. The average Bonchev–Trinajstić information content (AvgIpc) is 3.00. The van der Waals surface area contributed by atoms with Crippen LogP contribution in [-0.2, 0) is 9.59 Å². The minimum atomic E-state index is -0.631. The van der Waals surface area contributed by atoms with E-state index < -0.39 is 17.8 Å². The fourth-order valence-electron chi connectivity index (χ4n) is 3.48. The summed E-state index contributed by atoms with van der Waals surface area (Å²) in [5, 5.41) is 3.16. The Kier molecular flexibility index (Phi) is 6.46. The summed E-state index contributed by atoms with van der Waals surface area (Å²) in [6.45, 7) is 5.67. The first-order valence-corrected chi connectivity index (χ1v) is 11.1. The first kappa shape index (κ1) is 23.5. The van der Waals surface area contributed by atoms with Crippen molar-refractivity contribution in [3.8, 4) is 5.75 Å². The molecule has 6 nitrogen and oxygen atoms in total. The molecule has 3 aromatic carbocycles. The molecule has 172 valence electrons. The molecule has 0 aromatic heterocycles. The third-order valence-electron chi connectivity index (χ3n) is 5.51. The summed E-state index contributed by atoms with van der Waals surface area (Å²) < 4.78 is 5.44. The molecule has 0 aliphatic carbocycles. The zero-order chi connectivity index (χ0) is 24.6. The summed E-state index contributed by atoms with van der Waals surface area (Å²) in [5.41, 5.74) is 3.95. The Hall–Kier alpha value is -3.61. The molecule has 4 rings (SSSR count). The van der Waals surface area contributed by atoms with Crippen LogP contribution in [-0.4, -0.2) is 17.8 Å². The molecule has 1 heterocycles. The standard InChI is InChI=1S/C26H20Cl2N2O4/c1-14-4-10-20(13-15(14)2)34-26(33)17-5-8-19(9-6-17)29-23-22(28)24(31)30(25(23)32)21-11-7-18(27)12-16(21)3/h4-13,29H,1-3H3. The smallest absolute Gasteiger partial charge is 0.343 e. The third kappa shape index (κ3) is 4.55. The number of nitrogens with zero attached hydrogens (tertiary/aromatic N) is 1. The summed E-state index contributed by atoms with van der Waals surface area (Å²) in [7, 11) is 0. The van der Waals surface area contributed by atoms with Crippen LogP contribution in [0.2, 0.25) is 5.02 Å². The summed E-state index contributed by atoms with van der Waals surface area (Å²) in [5.74, 6) is -1.27. The van der Waals surface area contributed by atoms with E-state index in [1.54, 1.807) is 61.5 Å².